The summed E-state index contributed by atoms with van der Waals surface area (Å²) in [5.74, 6) is 0. The van der Waals surface area contributed by atoms with Crippen molar-refractivity contribution in [3.63, 3.8) is 0 Å². The van der Waals surface area contributed by atoms with Gasteiger partial charge in [0.1, 0.15) is 0 Å². The lowest BCUT2D eigenvalue weighted by molar-refractivity contribution is 0.735. The Kier molecular flexibility index (Phi) is 4.76. The number of benzene rings is 1. The first-order valence-corrected chi connectivity index (χ1v) is 8.41. The van der Waals surface area contributed by atoms with E-state index in [2.05, 4.69) is 69.3 Å². The SMILES string of the molecule is CN1CCCc2cc(I)cc(CCCI)c21. The Morgan fingerprint density at radius 1 is 1.38 bits per heavy atom. The predicted molar refractivity (Wildman–Crippen MR) is 88.0 cm³/mol. The fourth-order valence-corrected chi connectivity index (χ4v) is 3.60. The van der Waals surface area contributed by atoms with Gasteiger partial charge in [0.15, 0.2) is 0 Å². The summed E-state index contributed by atoms with van der Waals surface area (Å²) < 4.78 is 2.65. The van der Waals surface area contributed by atoms with Crippen LogP contribution in [0.3, 0.4) is 0 Å². The number of hydrogen-bond acceptors (Lipinski definition) is 1. The molecule has 0 saturated carbocycles. The molecule has 16 heavy (non-hydrogen) atoms. The molecule has 1 aliphatic heterocycles. The third-order valence-corrected chi connectivity index (χ3v) is 4.52. The topological polar surface area (TPSA) is 3.24 Å². The molecule has 1 nitrogen and oxygen atoms in total. The van der Waals surface area contributed by atoms with Crippen LogP contribution >= 0.6 is 45.2 Å². The Morgan fingerprint density at radius 2 is 2.19 bits per heavy atom. The number of aryl methyl sites for hydroxylation is 2. The number of hydrogen-bond donors (Lipinski definition) is 0. The number of rotatable bonds is 3. The van der Waals surface area contributed by atoms with Crippen LogP contribution in [0.4, 0.5) is 5.69 Å². The molecule has 0 aromatic heterocycles. The van der Waals surface area contributed by atoms with E-state index in [9.17, 15) is 0 Å². The molecule has 0 amide bonds. The minimum Gasteiger partial charge on any atom is -0.374 e. The second kappa shape index (κ2) is 5.89. The average Bonchev–Trinajstić information content (AvgIpc) is 2.25. The van der Waals surface area contributed by atoms with Crippen molar-refractivity contribution in [2.75, 3.05) is 22.9 Å². The smallest absolute Gasteiger partial charge is 0.0429 e. The molecule has 0 unspecified atom stereocenters. The largest absolute Gasteiger partial charge is 0.374 e. The molecule has 0 spiro atoms. The molecular formula is C13H17I2N. The molecule has 0 aliphatic carbocycles. The van der Waals surface area contributed by atoms with E-state index in [4.69, 9.17) is 0 Å². The van der Waals surface area contributed by atoms with Crippen LogP contribution in [-0.2, 0) is 12.8 Å². The van der Waals surface area contributed by atoms with E-state index in [1.165, 1.54) is 45.9 Å². The van der Waals surface area contributed by atoms with Gasteiger partial charge in [-0.3, -0.25) is 0 Å². The molecule has 0 radical (unpaired) electrons. The average molecular weight is 441 g/mol. The van der Waals surface area contributed by atoms with E-state index >= 15 is 0 Å². The van der Waals surface area contributed by atoms with Crippen molar-refractivity contribution in [1.82, 2.24) is 0 Å². The van der Waals surface area contributed by atoms with Gasteiger partial charge in [-0.15, -0.1) is 0 Å². The summed E-state index contributed by atoms with van der Waals surface area (Å²) in [6, 6.07) is 4.73. The van der Waals surface area contributed by atoms with Crippen LogP contribution < -0.4 is 4.90 Å². The maximum absolute atomic E-state index is 2.47. The van der Waals surface area contributed by atoms with Crippen LogP contribution in [-0.4, -0.2) is 18.0 Å². The minimum atomic E-state index is 1.21. The van der Waals surface area contributed by atoms with Crippen LogP contribution in [0.25, 0.3) is 0 Å². The van der Waals surface area contributed by atoms with E-state index < -0.39 is 0 Å². The van der Waals surface area contributed by atoms with Crippen LogP contribution in [0.2, 0.25) is 0 Å². The maximum atomic E-state index is 2.47. The van der Waals surface area contributed by atoms with Crippen molar-refractivity contribution < 1.29 is 0 Å². The van der Waals surface area contributed by atoms with Crippen LogP contribution in [0, 0.1) is 3.57 Å². The zero-order valence-electron chi connectivity index (χ0n) is 9.60. The minimum absolute atomic E-state index is 1.21. The highest BCUT2D eigenvalue weighted by atomic mass is 127. The Morgan fingerprint density at radius 3 is 2.94 bits per heavy atom. The molecule has 3 heteroatoms. The molecule has 1 heterocycles. The van der Waals surface area contributed by atoms with E-state index in [1.807, 2.05) is 0 Å². The third-order valence-electron chi connectivity index (χ3n) is 3.13. The number of anilines is 1. The number of halogens is 2. The van der Waals surface area contributed by atoms with Crippen molar-refractivity contribution in [1.29, 1.82) is 0 Å². The van der Waals surface area contributed by atoms with Gasteiger partial charge in [0.25, 0.3) is 0 Å². The highest BCUT2D eigenvalue weighted by Gasteiger charge is 2.17. The third kappa shape index (κ3) is 2.83. The second-order valence-electron chi connectivity index (χ2n) is 4.39. The Balaban J connectivity index is 2.37. The standard InChI is InChI=1S/C13H17I2N/c1-16-7-3-5-11-9-12(15)8-10(13(11)16)4-2-6-14/h8-9H,2-7H2,1H3. The summed E-state index contributed by atoms with van der Waals surface area (Å²) >= 11 is 4.92. The molecule has 1 aliphatic rings. The van der Waals surface area contributed by atoms with Crippen molar-refractivity contribution >= 4 is 50.9 Å². The molecule has 88 valence electrons. The van der Waals surface area contributed by atoms with Gasteiger partial charge in [-0.05, 0) is 76.0 Å². The summed E-state index contributed by atoms with van der Waals surface area (Å²) in [5, 5.41) is 0. The number of alkyl halides is 1. The Labute approximate surface area is 125 Å². The van der Waals surface area contributed by atoms with E-state index in [-0.39, 0.29) is 0 Å². The normalized spacial score (nSPS) is 15.1. The predicted octanol–water partition coefficient (Wildman–Crippen LogP) is 4.04. The van der Waals surface area contributed by atoms with Gasteiger partial charge in [-0.1, -0.05) is 22.6 Å². The van der Waals surface area contributed by atoms with Crippen LogP contribution in [0.5, 0.6) is 0 Å². The van der Waals surface area contributed by atoms with E-state index in [1.54, 1.807) is 11.1 Å². The molecule has 1 aromatic carbocycles. The van der Waals surface area contributed by atoms with Crippen molar-refractivity contribution in [3.05, 3.63) is 26.8 Å². The van der Waals surface area contributed by atoms with E-state index in [0.29, 0.717) is 0 Å². The van der Waals surface area contributed by atoms with Gasteiger partial charge in [0, 0.05) is 22.8 Å². The summed E-state index contributed by atoms with van der Waals surface area (Å²) in [5.41, 5.74) is 4.64. The first-order chi connectivity index (χ1) is 7.72. The van der Waals surface area contributed by atoms with Gasteiger partial charge in [-0.25, -0.2) is 0 Å². The lowest BCUT2D eigenvalue weighted by Crippen LogP contribution is -2.26. The molecule has 2 rings (SSSR count). The van der Waals surface area contributed by atoms with Gasteiger partial charge in [-0.2, -0.15) is 0 Å². The molecule has 0 atom stereocenters. The highest BCUT2D eigenvalue weighted by Crippen LogP contribution is 2.32. The monoisotopic (exact) mass is 441 g/mol. The molecule has 0 fully saturated rings. The maximum Gasteiger partial charge on any atom is 0.0429 e. The number of nitrogens with zero attached hydrogens (tertiary/aromatic N) is 1. The molecule has 1 aromatic rings. The lowest BCUT2D eigenvalue weighted by Gasteiger charge is -2.30. The quantitative estimate of drug-likeness (QED) is 0.506. The highest BCUT2D eigenvalue weighted by molar-refractivity contribution is 14.1. The van der Waals surface area contributed by atoms with Gasteiger partial charge >= 0.3 is 0 Å². The van der Waals surface area contributed by atoms with Crippen molar-refractivity contribution in [2.24, 2.45) is 0 Å². The lowest BCUT2D eigenvalue weighted by atomic mass is 9.96. The first-order valence-electron chi connectivity index (χ1n) is 5.81. The molecule has 0 saturated heterocycles. The summed E-state index contributed by atoms with van der Waals surface area (Å²) in [6.45, 7) is 1.21. The van der Waals surface area contributed by atoms with Gasteiger partial charge in [0.2, 0.25) is 0 Å². The van der Waals surface area contributed by atoms with Crippen molar-refractivity contribution in [3.8, 4) is 0 Å². The molecule has 0 N–H and O–H groups in total. The molecular weight excluding hydrogens is 424 g/mol. The number of fused-ring (bicyclic) bond motifs is 1. The summed E-state index contributed by atoms with van der Waals surface area (Å²) in [4.78, 5) is 2.44. The van der Waals surface area contributed by atoms with Crippen molar-refractivity contribution in [2.45, 2.75) is 25.7 Å². The molecule has 0 bridgehead atoms. The fraction of sp³-hybridized carbons (Fsp3) is 0.538. The zero-order chi connectivity index (χ0) is 11.5. The van der Waals surface area contributed by atoms with Gasteiger partial charge < -0.3 is 4.90 Å². The second-order valence-corrected chi connectivity index (χ2v) is 6.71. The fourth-order valence-electron chi connectivity index (χ4n) is 2.46. The summed E-state index contributed by atoms with van der Waals surface area (Å²) in [7, 11) is 2.23. The zero-order valence-corrected chi connectivity index (χ0v) is 13.9. The van der Waals surface area contributed by atoms with Gasteiger partial charge in [0.05, 0.1) is 0 Å². The Bertz CT molecular complexity index is 376. The summed E-state index contributed by atoms with van der Waals surface area (Å²) in [6.07, 6.45) is 5.08. The Hall–Kier alpha value is 0.480. The van der Waals surface area contributed by atoms with Crippen LogP contribution in [0.15, 0.2) is 12.1 Å². The first kappa shape index (κ1) is 12.9. The van der Waals surface area contributed by atoms with Crippen LogP contribution in [0.1, 0.15) is 24.0 Å². The van der Waals surface area contributed by atoms with E-state index in [0.717, 1.165) is 0 Å².